The van der Waals surface area contributed by atoms with E-state index in [1.807, 2.05) is 6.92 Å². The van der Waals surface area contributed by atoms with E-state index in [2.05, 4.69) is 40.7 Å². The van der Waals surface area contributed by atoms with E-state index in [1.54, 1.807) is 0 Å². The highest BCUT2D eigenvalue weighted by Gasteiger charge is 2.62. The summed E-state index contributed by atoms with van der Waals surface area (Å²) >= 11 is 0. The number of fused-ring (bicyclic) bond motifs is 2. The number of carbonyl (C=O) groups is 1. The van der Waals surface area contributed by atoms with Crippen molar-refractivity contribution in [2.45, 2.75) is 103 Å². The van der Waals surface area contributed by atoms with Gasteiger partial charge < -0.3 is 9.47 Å². The van der Waals surface area contributed by atoms with Gasteiger partial charge in [-0.1, -0.05) is 25.5 Å². The Kier molecular flexibility index (Phi) is 5.64. The van der Waals surface area contributed by atoms with Crippen molar-refractivity contribution in [3.63, 3.8) is 0 Å². The van der Waals surface area contributed by atoms with Crippen LogP contribution >= 0.6 is 0 Å². The third-order valence-electron chi connectivity index (χ3n) is 9.06. The lowest BCUT2D eigenvalue weighted by molar-refractivity contribution is -0.425. The van der Waals surface area contributed by atoms with Crippen LogP contribution in [-0.4, -0.2) is 36.5 Å². The molecule has 170 valence electrons. The Morgan fingerprint density at radius 1 is 1.20 bits per heavy atom. The molecule has 0 aromatic carbocycles. The quantitative estimate of drug-likeness (QED) is 0.355. The zero-order valence-corrected chi connectivity index (χ0v) is 19.8. The van der Waals surface area contributed by atoms with Gasteiger partial charge in [-0.15, -0.1) is 0 Å². The molecule has 2 aliphatic carbocycles. The minimum atomic E-state index is -0.486. The van der Waals surface area contributed by atoms with E-state index >= 15 is 0 Å². The van der Waals surface area contributed by atoms with Crippen molar-refractivity contribution in [3.05, 3.63) is 11.6 Å². The van der Waals surface area contributed by atoms with Crippen molar-refractivity contribution in [1.82, 2.24) is 0 Å². The molecule has 0 bridgehead atoms. The Balaban J connectivity index is 1.49. The van der Waals surface area contributed by atoms with Crippen LogP contribution in [-0.2, 0) is 24.0 Å². The topological polar surface area (TPSA) is 54.0 Å². The normalized spacial score (nSPS) is 46.4. The second-order valence-corrected chi connectivity index (χ2v) is 11.4. The van der Waals surface area contributed by atoms with Crippen LogP contribution in [0.2, 0.25) is 0 Å². The summed E-state index contributed by atoms with van der Waals surface area (Å²) < 4.78 is 11.7. The first-order chi connectivity index (χ1) is 14.0. The first-order valence-electron chi connectivity index (χ1n) is 11.8. The number of methoxy groups -OCH3 is 1. The molecule has 8 atom stereocenters. The Morgan fingerprint density at radius 3 is 2.57 bits per heavy atom. The Morgan fingerprint density at radius 2 is 1.93 bits per heavy atom. The van der Waals surface area contributed by atoms with Crippen LogP contribution in [0.25, 0.3) is 0 Å². The zero-order valence-electron chi connectivity index (χ0n) is 19.8. The van der Waals surface area contributed by atoms with Gasteiger partial charge in [0.2, 0.25) is 0 Å². The van der Waals surface area contributed by atoms with Gasteiger partial charge in [-0.25, -0.2) is 9.78 Å². The second-order valence-electron chi connectivity index (χ2n) is 11.4. The van der Waals surface area contributed by atoms with Gasteiger partial charge in [0.25, 0.3) is 0 Å². The molecule has 0 amide bonds. The van der Waals surface area contributed by atoms with E-state index in [0.29, 0.717) is 11.8 Å². The highest BCUT2D eigenvalue weighted by atomic mass is 17.2. The molecule has 3 fully saturated rings. The summed E-state index contributed by atoms with van der Waals surface area (Å²) in [7, 11) is 1.41. The van der Waals surface area contributed by atoms with Crippen molar-refractivity contribution >= 4 is 5.97 Å². The highest BCUT2D eigenvalue weighted by Crippen LogP contribution is 2.62. The highest BCUT2D eigenvalue weighted by molar-refractivity contribution is 5.72. The standard InChI is InChI=1S/C25H40O5/c1-15-8-9-18-17(12-15)14-25(6)20(23(18,3)4)13-21(28-25)24(5)11-10-19(29-30-24)16(2)22(26)27-7/h12,16-21H,8-11,13-14H2,1-7H3/t16-,17+,18+,19-,20?,21-,24+,25-/m1/s1. The van der Waals surface area contributed by atoms with Crippen LogP contribution in [0.5, 0.6) is 0 Å². The number of carbonyl (C=O) groups excluding carboxylic acids is 1. The summed E-state index contributed by atoms with van der Waals surface area (Å²) in [4.78, 5) is 23.6. The fourth-order valence-corrected chi connectivity index (χ4v) is 7.16. The number of ether oxygens (including phenoxy) is 2. The van der Waals surface area contributed by atoms with E-state index in [1.165, 1.54) is 25.5 Å². The number of rotatable bonds is 3. The van der Waals surface area contributed by atoms with Gasteiger partial charge in [-0.05, 0) is 89.4 Å². The minimum Gasteiger partial charge on any atom is -0.469 e. The van der Waals surface area contributed by atoms with Gasteiger partial charge in [-0.3, -0.25) is 4.79 Å². The van der Waals surface area contributed by atoms with Gasteiger partial charge >= 0.3 is 5.97 Å². The van der Waals surface area contributed by atoms with Crippen molar-refractivity contribution in [2.24, 2.45) is 29.1 Å². The predicted molar refractivity (Wildman–Crippen MR) is 115 cm³/mol. The maximum absolute atomic E-state index is 11.9. The van der Waals surface area contributed by atoms with Crippen molar-refractivity contribution in [2.75, 3.05) is 7.11 Å². The average molecular weight is 421 g/mol. The van der Waals surface area contributed by atoms with Crippen LogP contribution in [0.4, 0.5) is 0 Å². The average Bonchev–Trinajstić information content (AvgIpc) is 3.06. The molecule has 0 aromatic rings. The van der Waals surface area contributed by atoms with E-state index in [0.717, 1.165) is 31.6 Å². The molecule has 0 N–H and O–H groups in total. The van der Waals surface area contributed by atoms with E-state index in [9.17, 15) is 4.79 Å². The molecule has 1 saturated carbocycles. The lowest BCUT2D eigenvalue weighted by Gasteiger charge is -2.55. The molecule has 4 aliphatic rings. The first kappa shape index (κ1) is 22.3. The van der Waals surface area contributed by atoms with Gasteiger partial charge in [0.15, 0.2) is 0 Å². The number of hydrogen-bond donors (Lipinski definition) is 0. The molecular formula is C25H40O5. The molecule has 4 rings (SSSR count). The van der Waals surface area contributed by atoms with Crippen LogP contribution in [0.1, 0.15) is 80.1 Å². The lowest BCUT2D eigenvalue weighted by atomic mass is 9.51. The Bertz CT molecular complexity index is 704. The molecule has 0 aromatic heterocycles. The number of hydrogen-bond acceptors (Lipinski definition) is 5. The second kappa shape index (κ2) is 7.60. The fraction of sp³-hybridized carbons (Fsp3) is 0.880. The van der Waals surface area contributed by atoms with Gasteiger partial charge in [-0.2, -0.15) is 0 Å². The lowest BCUT2D eigenvalue weighted by Crippen LogP contribution is -2.53. The van der Waals surface area contributed by atoms with Gasteiger partial charge in [0.05, 0.1) is 24.7 Å². The monoisotopic (exact) mass is 420 g/mol. The third kappa shape index (κ3) is 3.55. The van der Waals surface area contributed by atoms with Crippen LogP contribution in [0, 0.1) is 29.1 Å². The zero-order chi connectivity index (χ0) is 21.9. The molecule has 0 spiro atoms. The molecule has 2 aliphatic heterocycles. The molecule has 5 heteroatoms. The third-order valence-corrected chi connectivity index (χ3v) is 9.06. The predicted octanol–water partition coefficient (Wildman–Crippen LogP) is 5.23. The van der Waals surface area contributed by atoms with E-state index < -0.39 is 5.60 Å². The Hall–Kier alpha value is -0.910. The van der Waals surface area contributed by atoms with E-state index in [4.69, 9.17) is 19.2 Å². The van der Waals surface area contributed by atoms with E-state index in [-0.39, 0.29) is 35.1 Å². The van der Waals surface area contributed by atoms with Crippen LogP contribution in [0.3, 0.4) is 0 Å². The Labute approximate surface area is 181 Å². The SMILES string of the molecule is COC(=O)[C@H](C)[C@H]1CC[C@@](C)([C@H]2CC3C(C)(C)[C@H]4CCC(C)=C[C@H]4C[C@@]3(C)O2)OO1. The molecule has 5 nitrogen and oxygen atoms in total. The first-order valence-corrected chi connectivity index (χ1v) is 11.8. The van der Waals surface area contributed by atoms with Crippen LogP contribution < -0.4 is 0 Å². The molecule has 30 heavy (non-hydrogen) atoms. The summed E-state index contributed by atoms with van der Waals surface area (Å²) in [6.07, 6.45) is 8.47. The smallest absolute Gasteiger partial charge is 0.311 e. The van der Waals surface area contributed by atoms with Crippen molar-refractivity contribution in [3.8, 4) is 0 Å². The summed E-state index contributed by atoms with van der Waals surface area (Å²) in [5.74, 6) is 1.26. The molecule has 2 saturated heterocycles. The fourth-order valence-electron chi connectivity index (χ4n) is 7.16. The van der Waals surface area contributed by atoms with Gasteiger partial charge in [0.1, 0.15) is 11.7 Å². The summed E-state index contributed by atoms with van der Waals surface area (Å²) in [6.45, 7) is 13.5. The summed E-state index contributed by atoms with van der Waals surface area (Å²) in [5.41, 5.74) is 1.15. The van der Waals surface area contributed by atoms with Crippen molar-refractivity contribution < 1.29 is 24.0 Å². The molecule has 1 unspecified atom stereocenters. The molecule has 0 radical (unpaired) electrons. The number of esters is 1. The number of allylic oxidation sites excluding steroid dienone is 2. The molecule has 2 heterocycles. The maximum atomic E-state index is 11.9. The summed E-state index contributed by atoms with van der Waals surface area (Å²) in [5, 5.41) is 0. The minimum absolute atomic E-state index is 0.00591. The molecular weight excluding hydrogens is 380 g/mol. The van der Waals surface area contributed by atoms with Crippen LogP contribution in [0.15, 0.2) is 11.6 Å². The van der Waals surface area contributed by atoms with Gasteiger partial charge in [0, 0.05) is 0 Å². The largest absolute Gasteiger partial charge is 0.469 e. The summed E-state index contributed by atoms with van der Waals surface area (Å²) in [6, 6.07) is 0. The van der Waals surface area contributed by atoms with Crippen molar-refractivity contribution in [1.29, 1.82) is 0 Å². The maximum Gasteiger partial charge on any atom is 0.311 e.